The van der Waals surface area contributed by atoms with E-state index in [-0.39, 0.29) is 0 Å². The molecule has 0 aliphatic rings. The highest BCUT2D eigenvalue weighted by atomic mass is 16.5. The van der Waals surface area contributed by atoms with E-state index < -0.39 is 0 Å². The monoisotopic (exact) mass is 853 g/mol. The van der Waals surface area contributed by atoms with Gasteiger partial charge in [0.05, 0.1) is 17.1 Å². The van der Waals surface area contributed by atoms with Crippen LogP contribution >= 0.6 is 0 Å². The zero-order valence-corrected chi connectivity index (χ0v) is 36.3. The molecule has 1 heterocycles. The summed E-state index contributed by atoms with van der Waals surface area (Å²) < 4.78 is 6.76. The van der Waals surface area contributed by atoms with Crippen molar-refractivity contribution in [2.24, 2.45) is 0 Å². The summed E-state index contributed by atoms with van der Waals surface area (Å²) in [7, 11) is 0. The van der Waals surface area contributed by atoms with E-state index >= 15 is 0 Å². The van der Waals surface area contributed by atoms with E-state index in [9.17, 15) is 0 Å². The van der Waals surface area contributed by atoms with Crippen LogP contribution in [0.3, 0.4) is 0 Å². The van der Waals surface area contributed by atoms with Crippen molar-refractivity contribution in [2.75, 3.05) is 20.0 Å². The van der Waals surface area contributed by atoms with Crippen LogP contribution in [0.15, 0.2) is 267 Å². The van der Waals surface area contributed by atoms with Gasteiger partial charge in [0.1, 0.15) is 11.6 Å². The van der Waals surface area contributed by atoms with Gasteiger partial charge in [-0.1, -0.05) is 146 Å². The first-order chi connectivity index (χ1) is 32.7. The summed E-state index contributed by atoms with van der Waals surface area (Å²) in [5.74, 6) is 1.85. The molecule has 0 aliphatic carbocycles. The molecule has 0 fully saturated rings. The lowest BCUT2D eigenvalue weighted by molar-refractivity contribution is 0.463. The molecule has 6 nitrogen and oxygen atoms in total. The van der Waals surface area contributed by atoms with Gasteiger partial charge in [0, 0.05) is 51.9 Å². The number of hydrogen-bond donors (Lipinski definition) is 1. The minimum absolute atomic E-state index is 0.470. The van der Waals surface area contributed by atoms with Crippen LogP contribution in [0.1, 0.15) is 11.1 Å². The number of nitrogens with zero attached hydrogens (tertiary/aromatic N) is 4. The van der Waals surface area contributed by atoms with E-state index in [2.05, 4.69) is 232 Å². The minimum atomic E-state index is 0.470. The Bertz CT molecular complexity index is 2860. The molecule has 318 valence electrons. The van der Waals surface area contributed by atoms with Crippen LogP contribution in [-0.2, 0) is 6.42 Å². The summed E-state index contributed by atoms with van der Waals surface area (Å²) in [6.07, 6.45) is 0.751. The Morgan fingerprint density at radius 3 is 1.20 bits per heavy atom. The molecule has 0 radical (unpaired) electrons. The fourth-order valence-electron chi connectivity index (χ4n) is 8.28. The molecule has 0 saturated heterocycles. The van der Waals surface area contributed by atoms with E-state index in [0.717, 1.165) is 68.9 Å². The average Bonchev–Trinajstić information content (AvgIpc) is 3.37. The molecule has 10 aromatic rings. The Balaban J connectivity index is 1.12. The molecule has 0 saturated carbocycles. The summed E-state index contributed by atoms with van der Waals surface area (Å²) >= 11 is 0. The number of ether oxygens (including phenoxy) is 1. The van der Waals surface area contributed by atoms with Crippen molar-refractivity contribution < 1.29 is 4.74 Å². The zero-order chi connectivity index (χ0) is 44.3. The largest absolute Gasteiger partial charge is 0.439 e. The smallest absolute Gasteiger partial charge is 0.221 e. The van der Waals surface area contributed by atoms with E-state index in [1.807, 2.05) is 54.6 Å². The standard InChI is InChI=1S/C60H47N5O/c1-8-23-46(24-9-1)39-47-40-49(61-48-25-10-2-11-26-48)42-58(41-47)66-60-38-22-37-59(62-60)65(54-35-20-7-21-36-54)57-44-55(63(50-27-12-3-13-28-50)51-29-14-4-15-30-51)43-56(45-57)64(52-31-16-5-17-32-52)53-33-18-6-19-34-53/h1-38,40-45,61H,39H2. The highest BCUT2D eigenvalue weighted by Gasteiger charge is 2.23. The molecule has 0 unspecified atom stereocenters. The molecule has 1 N–H and O–H groups in total. The molecular weight excluding hydrogens is 807 g/mol. The van der Waals surface area contributed by atoms with Gasteiger partial charge in [-0.3, -0.25) is 4.90 Å². The van der Waals surface area contributed by atoms with Crippen LogP contribution in [0, 0.1) is 0 Å². The van der Waals surface area contributed by atoms with Gasteiger partial charge in [-0.15, -0.1) is 0 Å². The highest BCUT2D eigenvalue weighted by molar-refractivity contribution is 5.89. The van der Waals surface area contributed by atoms with E-state index in [1.54, 1.807) is 0 Å². The van der Waals surface area contributed by atoms with E-state index in [4.69, 9.17) is 9.72 Å². The fourth-order valence-corrected chi connectivity index (χ4v) is 8.28. The second-order valence-corrected chi connectivity index (χ2v) is 15.8. The van der Waals surface area contributed by atoms with Gasteiger partial charge in [-0.05, 0) is 127 Å². The maximum Gasteiger partial charge on any atom is 0.221 e. The second-order valence-electron chi connectivity index (χ2n) is 15.8. The van der Waals surface area contributed by atoms with Gasteiger partial charge in [0.2, 0.25) is 5.88 Å². The number of pyridine rings is 1. The van der Waals surface area contributed by atoms with Gasteiger partial charge in [0.15, 0.2) is 0 Å². The van der Waals surface area contributed by atoms with Crippen molar-refractivity contribution in [3.63, 3.8) is 0 Å². The van der Waals surface area contributed by atoms with Crippen molar-refractivity contribution in [3.8, 4) is 11.6 Å². The van der Waals surface area contributed by atoms with Crippen LogP contribution < -0.4 is 24.8 Å². The summed E-state index contributed by atoms with van der Waals surface area (Å²) in [6, 6.07) is 92.2. The summed E-state index contributed by atoms with van der Waals surface area (Å²) in [5, 5.41) is 3.59. The van der Waals surface area contributed by atoms with Crippen LogP contribution in [-0.4, -0.2) is 4.98 Å². The molecule has 6 heteroatoms. The van der Waals surface area contributed by atoms with Gasteiger partial charge in [-0.25, -0.2) is 0 Å². The van der Waals surface area contributed by atoms with Crippen molar-refractivity contribution in [1.29, 1.82) is 0 Å². The number of benzene rings is 9. The van der Waals surface area contributed by atoms with Crippen LogP contribution in [0.25, 0.3) is 0 Å². The van der Waals surface area contributed by atoms with Crippen molar-refractivity contribution in [2.45, 2.75) is 6.42 Å². The number of anilines is 11. The lowest BCUT2D eigenvalue weighted by atomic mass is 10.0. The summed E-state index contributed by atoms with van der Waals surface area (Å²) in [6.45, 7) is 0. The molecule has 0 amide bonds. The van der Waals surface area contributed by atoms with Crippen LogP contribution in [0.2, 0.25) is 0 Å². The molecule has 0 aliphatic heterocycles. The predicted molar refractivity (Wildman–Crippen MR) is 274 cm³/mol. The number of aromatic nitrogens is 1. The summed E-state index contributed by atoms with van der Waals surface area (Å²) in [4.78, 5) is 12.1. The summed E-state index contributed by atoms with van der Waals surface area (Å²) in [5.41, 5.74) is 12.2. The average molecular weight is 854 g/mol. The Kier molecular flexibility index (Phi) is 12.3. The first-order valence-electron chi connectivity index (χ1n) is 22.2. The molecule has 0 bridgehead atoms. The molecule has 9 aromatic carbocycles. The number of nitrogens with one attached hydrogen (secondary N) is 1. The Morgan fingerprint density at radius 1 is 0.318 bits per heavy atom. The number of rotatable bonds is 15. The minimum Gasteiger partial charge on any atom is -0.439 e. The molecular formula is C60H47N5O. The van der Waals surface area contributed by atoms with Gasteiger partial charge in [0.25, 0.3) is 0 Å². The lowest BCUT2D eigenvalue weighted by Crippen LogP contribution is -2.16. The van der Waals surface area contributed by atoms with Gasteiger partial charge in [-0.2, -0.15) is 4.98 Å². The quantitative estimate of drug-likeness (QED) is 0.111. The third-order valence-electron chi connectivity index (χ3n) is 11.2. The maximum atomic E-state index is 6.76. The lowest BCUT2D eigenvalue weighted by Gasteiger charge is -2.32. The van der Waals surface area contributed by atoms with Crippen molar-refractivity contribution in [3.05, 3.63) is 278 Å². The Hall–Kier alpha value is -8.87. The maximum absolute atomic E-state index is 6.76. The van der Waals surface area contributed by atoms with E-state index in [1.165, 1.54) is 5.56 Å². The van der Waals surface area contributed by atoms with E-state index in [0.29, 0.717) is 17.4 Å². The number of hydrogen-bond acceptors (Lipinski definition) is 6. The van der Waals surface area contributed by atoms with Gasteiger partial charge >= 0.3 is 0 Å². The highest BCUT2D eigenvalue weighted by Crippen LogP contribution is 2.46. The first-order valence-corrected chi connectivity index (χ1v) is 22.2. The second kappa shape index (κ2) is 19.7. The Morgan fingerprint density at radius 2 is 0.727 bits per heavy atom. The Labute approximate surface area is 386 Å². The third kappa shape index (κ3) is 9.69. The third-order valence-corrected chi connectivity index (χ3v) is 11.2. The molecule has 10 rings (SSSR count). The fraction of sp³-hybridized carbons (Fsp3) is 0.0167. The van der Waals surface area contributed by atoms with Crippen molar-refractivity contribution in [1.82, 2.24) is 4.98 Å². The normalized spacial score (nSPS) is 10.8. The molecule has 1 aromatic heterocycles. The molecule has 0 atom stereocenters. The first kappa shape index (κ1) is 41.2. The van der Waals surface area contributed by atoms with Crippen LogP contribution in [0.5, 0.6) is 11.6 Å². The predicted octanol–water partition coefficient (Wildman–Crippen LogP) is 16.6. The van der Waals surface area contributed by atoms with Gasteiger partial charge < -0.3 is 19.9 Å². The van der Waals surface area contributed by atoms with Crippen LogP contribution in [0.4, 0.5) is 62.7 Å². The number of para-hydroxylation sites is 6. The molecule has 66 heavy (non-hydrogen) atoms. The zero-order valence-electron chi connectivity index (χ0n) is 36.3. The SMILES string of the molecule is c1ccc(Cc2cc(Nc3ccccc3)cc(Oc3cccc(N(c4ccccc4)c4cc(N(c5ccccc5)c5ccccc5)cc(N(c5ccccc5)c5ccccc5)c4)n3)c2)cc1. The molecule has 0 spiro atoms. The topological polar surface area (TPSA) is 43.9 Å². The van der Waals surface area contributed by atoms with Crippen molar-refractivity contribution >= 4 is 62.7 Å².